The Morgan fingerprint density at radius 3 is 1.70 bits per heavy atom. The first-order valence-corrected chi connectivity index (χ1v) is 15.0. The third-order valence-corrected chi connectivity index (χ3v) is 8.75. The standard InChI is InChI=1S/C41H32N2/c1-27-19-33(24-42-23-27)35-22-34(25-43-26-35)30-17-15-28-16-18-31(21-32(28)20-30)41-38-13-7-5-11-36(38)40(29-9-3-2-4-10-29)37-12-6-8-14-39(37)41/h2-22,24-25,42-43H,23,26H2,1H3. The van der Waals surface area contributed by atoms with Crippen molar-refractivity contribution >= 4 is 37.9 Å². The molecule has 0 aliphatic carbocycles. The molecule has 6 aromatic rings. The van der Waals surface area contributed by atoms with Crippen molar-refractivity contribution in [3.63, 3.8) is 0 Å². The quantitative estimate of drug-likeness (QED) is 0.213. The number of rotatable bonds is 4. The summed E-state index contributed by atoms with van der Waals surface area (Å²) in [5, 5.41) is 14.5. The van der Waals surface area contributed by atoms with Crippen LogP contribution in [-0.4, -0.2) is 13.1 Å². The maximum absolute atomic E-state index is 3.51. The van der Waals surface area contributed by atoms with E-state index in [0.29, 0.717) is 0 Å². The fraction of sp³-hybridized carbons (Fsp3) is 0.0732. The first-order valence-electron chi connectivity index (χ1n) is 15.0. The highest BCUT2D eigenvalue weighted by Crippen LogP contribution is 2.44. The molecule has 2 aliphatic rings. The van der Waals surface area contributed by atoms with Crippen LogP contribution in [0.1, 0.15) is 12.5 Å². The van der Waals surface area contributed by atoms with Crippen LogP contribution >= 0.6 is 0 Å². The zero-order valence-electron chi connectivity index (χ0n) is 24.2. The second-order valence-corrected chi connectivity index (χ2v) is 11.6. The molecule has 0 fully saturated rings. The van der Waals surface area contributed by atoms with E-state index < -0.39 is 0 Å². The molecule has 206 valence electrons. The number of hydrogen-bond donors (Lipinski definition) is 2. The molecule has 2 heteroatoms. The average Bonchev–Trinajstić information content (AvgIpc) is 3.07. The van der Waals surface area contributed by atoms with Gasteiger partial charge in [0.15, 0.2) is 0 Å². The number of allylic oxidation sites excluding steroid dienone is 3. The van der Waals surface area contributed by atoms with Crippen LogP contribution in [0.5, 0.6) is 0 Å². The summed E-state index contributed by atoms with van der Waals surface area (Å²) in [7, 11) is 0. The van der Waals surface area contributed by atoms with Crippen LogP contribution in [-0.2, 0) is 0 Å². The van der Waals surface area contributed by atoms with E-state index in [1.807, 2.05) is 0 Å². The number of nitrogens with one attached hydrogen (secondary N) is 2. The van der Waals surface area contributed by atoms with E-state index in [4.69, 9.17) is 0 Å². The molecule has 0 spiro atoms. The third kappa shape index (κ3) is 4.52. The van der Waals surface area contributed by atoms with Crippen LogP contribution in [0.25, 0.3) is 60.1 Å². The largest absolute Gasteiger partial charge is 0.387 e. The van der Waals surface area contributed by atoms with E-state index in [1.165, 1.54) is 82.4 Å². The van der Waals surface area contributed by atoms with Crippen LogP contribution in [0.4, 0.5) is 0 Å². The number of benzene rings is 6. The van der Waals surface area contributed by atoms with Crippen molar-refractivity contribution in [2.75, 3.05) is 13.1 Å². The Balaban J connectivity index is 1.29. The van der Waals surface area contributed by atoms with Gasteiger partial charge in [0.1, 0.15) is 0 Å². The predicted octanol–water partition coefficient (Wildman–Crippen LogP) is 9.78. The van der Waals surface area contributed by atoms with Crippen molar-refractivity contribution in [2.45, 2.75) is 6.92 Å². The second-order valence-electron chi connectivity index (χ2n) is 11.6. The molecule has 2 nitrogen and oxygen atoms in total. The van der Waals surface area contributed by atoms with Crippen LogP contribution in [0.2, 0.25) is 0 Å². The molecule has 0 amide bonds. The summed E-state index contributed by atoms with van der Waals surface area (Å²) >= 11 is 0. The normalized spacial score (nSPS) is 14.9. The Bertz CT molecular complexity index is 2120. The van der Waals surface area contributed by atoms with Crippen molar-refractivity contribution in [3.05, 3.63) is 162 Å². The van der Waals surface area contributed by atoms with Gasteiger partial charge < -0.3 is 10.6 Å². The fourth-order valence-corrected chi connectivity index (χ4v) is 6.71. The maximum atomic E-state index is 3.51. The molecule has 2 heterocycles. The summed E-state index contributed by atoms with van der Waals surface area (Å²) < 4.78 is 0. The van der Waals surface area contributed by atoms with Gasteiger partial charge in [-0.05, 0) is 102 Å². The smallest absolute Gasteiger partial charge is 0.0402 e. The Morgan fingerprint density at radius 2 is 1.02 bits per heavy atom. The van der Waals surface area contributed by atoms with Gasteiger partial charge in [-0.25, -0.2) is 0 Å². The van der Waals surface area contributed by atoms with Gasteiger partial charge in [0.05, 0.1) is 0 Å². The van der Waals surface area contributed by atoms with Crippen LogP contribution in [0, 0.1) is 0 Å². The Labute approximate surface area is 252 Å². The van der Waals surface area contributed by atoms with Crippen LogP contribution in [0.15, 0.2) is 157 Å². The second kappa shape index (κ2) is 10.5. The molecule has 0 radical (unpaired) electrons. The van der Waals surface area contributed by atoms with E-state index in [2.05, 4.69) is 157 Å². The van der Waals surface area contributed by atoms with Crippen molar-refractivity contribution in [1.82, 2.24) is 10.6 Å². The first kappa shape index (κ1) is 25.4. The highest BCUT2D eigenvalue weighted by molar-refractivity contribution is 6.21. The van der Waals surface area contributed by atoms with Gasteiger partial charge >= 0.3 is 0 Å². The summed E-state index contributed by atoms with van der Waals surface area (Å²) in [6, 6.07) is 42.3. The van der Waals surface area contributed by atoms with Gasteiger partial charge in [0.2, 0.25) is 0 Å². The molecule has 8 rings (SSSR count). The maximum Gasteiger partial charge on any atom is 0.0402 e. The van der Waals surface area contributed by atoms with Crippen molar-refractivity contribution in [1.29, 1.82) is 0 Å². The minimum absolute atomic E-state index is 0.831. The van der Waals surface area contributed by atoms with Crippen LogP contribution in [0.3, 0.4) is 0 Å². The van der Waals surface area contributed by atoms with Gasteiger partial charge in [-0.1, -0.05) is 115 Å². The highest BCUT2D eigenvalue weighted by Gasteiger charge is 2.17. The number of hydrogen-bond acceptors (Lipinski definition) is 2. The summed E-state index contributed by atoms with van der Waals surface area (Å²) in [5.74, 6) is 0. The molecule has 0 bridgehead atoms. The molecular formula is C41H32N2. The summed E-state index contributed by atoms with van der Waals surface area (Å²) in [4.78, 5) is 0. The molecule has 2 N–H and O–H groups in total. The lowest BCUT2D eigenvalue weighted by Gasteiger charge is -2.20. The zero-order valence-corrected chi connectivity index (χ0v) is 24.2. The molecule has 6 aromatic carbocycles. The first-order chi connectivity index (χ1) is 21.2. The van der Waals surface area contributed by atoms with Gasteiger partial charge in [-0.15, -0.1) is 0 Å². The summed E-state index contributed by atoms with van der Waals surface area (Å²) in [6.45, 7) is 3.92. The molecule has 0 unspecified atom stereocenters. The molecule has 0 aromatic heterocycles. The van der Waals surface area contributed by atoms with Crippen molar-refractivity contribution in [3.8, 4) is 22.3 Å². The predicted molar refractivity (Wildman–Crippen MR) is 184 cm³/mol. The van der Waals surface area contributed by atoms with Crippen molar-refractivity contribution in [2.24, 2.45) is 0 Å². The topological polar surface area (TPSA) is 24.1 Å². The zero-order chi connectivity index (χ0) is 28.8. The van der Waals surface area contributed by atoms with Crippen LogP contribution < -0.4 is 10.6 Å². The number of fused-ring (bicyclic) bond motifs is 3. The van der Waals surface area contributed by atoms with Gasteiger partial charge in [0.25, 0.3) is 0 Å². The molecule has 2 aliphatic heterocycles. The van der Waals surface area contributed by atoms with E-state index in [0.717, 1.165) is 13.1 Å². The van der Waals surface area contributed by atoms with E-state index in [1.54, 1.807) is 0 Å². The van der Waals surface area contributed by atoms with E-state index in [9.17, 15) is 0 Å². The lowest BCUT2D eigenvalue weighted by atomic mass is 9.85. The minimum atomic E-state index is 0.831. The monoisotopic (exact) mass is 552 g/mol. The molecular weight excluding hydrogens is 520 g/mol. The van der Waals surface area contributed by atoms with E-state index >= 15 is 0 Å². The molecule has 0 atom stereocenters. The highest BCUT2D eigenvalue weighted by atomic mass is 14.9. The summed E-state index contributed by atoms with van der Waals surface area (Å²) in [5.41, 5.74) is 11.4. The lowest BCUT2D eigenvalue weighted by molar-refractivity contribution is 0.884. The minimum Gasteiger partial charge on any atom is -0.387 e. The molecule has 0 saturated heterocycles. The summed E-state index contributed by atoms with van der Waals surface area (Å²) in [6.07, 6.45) is 8.89. The molecule has 0 saturated carbocycles. The molecule has 43 heavy (non-hydrogen) atoms. The average molecular weight is 553 g/mol. The fourth-order valence-electron chi connectivity index (χ4n) is 6.71. The Morgan fingerprint density at radius 1 is 0.465 bits per heavy atom. The number of dihydropyridines is 2. The Kier molecular flexibility index (Phi) is 6.19. The SMILES string of the molecule is CC1=CC(C2=CC(c3ccc4ccc(-c5c6ccccc6c(-c6ccccc6)c6ccccc56)cc4c3)=CNC2)=CNC1. The third-order valence-electron chi connectivity index (χ3n) is 8.75. The van der Waals surface area contributed by atoms with Gasteiger partial charge in [-0.3, -0.25) is 0 Å². The van der Waals surface area contributed by atoms with Crippen molar-refractivity contribution < 1.29 is 0 Å². The van der Waals surface area contributed by atoms with Gasteiger partial charge in [-0.2, -0.15) is 0 Å². The van der Waals surface area contributed by atoms with E-state index in [-0.39, 0.29) is 0 Å². The van der Waals surface area contributed by atoms with Gasteiger partial charge in [0, 0.05) is 25.5 Å². The Hall–Kier alpha value is -5.34. The lowest BCUT2D eigenvalue weighted by Crippen LogP contribution is -2.20.